The molecule has 4 amide bonds. The Hall–Kier alpha value is -5.55. The number of imidazole rings is 1. The normalized spacial score (nSPS) is 26.5. The third kappa shape index (κ3) is 8.51. The van der Waals surface area contributed by atoms with Crippen molar-refractivity contribution in [1.29, 1.82) is 0 Å². The Labute approximate surface area is 403 Å². The maximum absolute atomic E-state index is 14.3. The van der Waals surface area contributed by atoms with E-state index in [0.29, 0.717) is 92.2 Å². The van der Waals surface area contributed by atoms with Crippen molar-refractivity contribution in [2.24, 2.45) is 28.7 Å². The summed E-state index contributed by atoms with van der Waals surface area (Å²) in [6, 6.07) is 16.6. The molecule has 8 atom stereocenters. The summed E-state index contributed by atoms with van der Waals surface area (Å²) in [4.78, 5) is 75.5. The Balaban J connectivity index is 0.768. The largest absolute Gasteiger partial charge is 0.453 e. The number of likely N-dealkylation sites (tertiary alicyclic amines) is 2. The first-order valence-corrected chi connectivity index (χ1v) is 24.5. The second-order valence-corrected chi connectivity index (χ2v) is 20.0. The number of nitrogens with zero attached hydrogens (tertiary/aromatic N) is 5. The Morgan fingerprint density at radius 1 is 0.706 bits per heavy atom. The Bertz CT molecular complexity index is 2720. The highest BCUT2D eigenvalue weighted by molar-refractivity contribution is 6.35. The van der Waals surface area contributed by atoms with Gasteiger partial charge in [-0.2, -0.15) is 0 Å². The molecule has 6 fully saturated rings. The van der Waals surface area contributed by atoms with Crippen molar-refractivity contribution < 1.29 is 38.1 Å². The van der Waals surface area contributed by atoms with Crippen molar-refractivity contribution >= 4 is 69.4 Å². The summed E-state index contributed by atoms with van der Waals surface area (Å²) in [6.45, 7) is 2.18. The third-order valence-corrected chi connectivity index (χ3v) is 15.9. The number of H-pyrrole nitrogens is 1. The molecule has 16 nitrogen and oxygen atoms in total. The molecule has 18 heteroatoms. The number of aromatic amines is 1. The number of halogens is 2. The number of allylic oxidation sites excluding steroid dienone is 1. The van der Waals surface area contributed by atoms with Gasteiger partial charge >= 0.3 is 12.2 Å². The molecule has 0 bridgehead atoms. The van der Waals surface area contributed by atoms with Gasteiger partial charge in [0.15, 0.2) is 0 Å². The van der Waals surface area contributed by atoms with Gasteiger partial charge in [0.1, 0.15) is 33.9 Å². The number of hydrogen-bond donors (Lipinski definition) is 3. The number of alkyl carbamates (subject to hydrolysis) is 2. The van der Waals surface area contributed by atoms with E-state index in [1.165, 1.54) is 14.2 Å². The first-order chi connectivity index (χ1) is 33.1. The molecule has 4 aromatic rings. The first kappa shape index (κ1) is 44.9. The lowest BCUT2D eigenvalue weighted by atomic mass is 9.90. The highest BCUT2D eigenvalue weighted by atomic mass is 35.5. The van der Waals surface area contributed by atoms with Gasteiger partial charge in [-0.25, -0.2) is 24.5 Å². The minimum Gasteiger partial charge on any atom is -0.453 e. The van der Waals surface area contributed by atoms with E-state index in [4.69, 9.17) is 57.1 Å². The van der Waals surface area contributed by atoms with Gasteiger partial charge in [-0.05, 0) is 104 Å². The minimum absolute atomic E-state index is 0.0464. The Morgan fingerprint density at radius 3 is 1.87 bits per heavy atom. The SMILES string of the molecule is COC(=O)N[C@H](C(=O)N1[C@@H]2C[C@@H]2C[C@H]1C1=NC(Cl)=C(c2ccc3cc(-c4ccc(-c5nc([C@@H]6C[C@H]7C[C@H]7N6C(=O)[C@@H](NC(=O)OC)C6CCOCC6)[nH]c5Cl)cc4)ccc3n2)C1)C1CCOCC1. The number of hydrogen-bond acceptors (Lipinski definition) is 11. The van der Waals surface area contributed by atoms with Crippen molar-refractivity contribution in [2.75, 3.05) is 40.6 Å². The highest BCUT2D eigenvalue weighted by Gasteiger charge is 2.58. The molecule has 7 aliphatic rings. The minimum atomic E-state index is -0.718. The topological polar surface area (TPSA) is 190 Å². The molecular formula is C50H54Cl2N8O8. The van der Waals surface area contributed by atoms with Gasteiger partial charge in [-0.15, -0.1) is 0 Å². The number of carbonyl (C=O) groups is 4. The van der Waals surface area contributed by atoms with Crippen LogP contribution in [0, 0.1) is 23.7 Å². The van der Waals surface area contributed by atoms with Crippen LogP contribution in [0.4, 0.5) is 9.59 Å². The van der Waals surface area contributed by atoms with Gasteiger partial charge < -0.3 is 44.4 Å². The van der Waals surface area contributed by atoms with Crippen molar-refractivity contribution in [3.8, 4) is 22.4 Å². The van der Waals surface area contributed by atoms with Crippen molar-refractivity contribution in [3.63, 3.8) is 0 Å². The lowest BCUT2D eigenvalue weighted by Crippen LogP contribution is -2.56. The number of methoxy groups -OCH3 is 2. The molecule has 356 valence electrons. The average Bonchev–Trinajstić information content (AvgIpc) is 4.08. The zero-order chi connectivity index (χ0) is 46.8. The van der Waals surface area contributed by atoms with E-state index in [0.717, 1.165) is 70.3 Å². The summed E-state index contributed by atoms with van der Waals surface area (Å²) in [6.07, 6.45) is 5.42. The Morgan fingerprint density at radius 2 is 1.26 bits per heavy atom. The molecule has 0 unspecified atom stereocenters. The van der Waals surface area contributed by atoms with Crippen LogP contribution < -0.4 is 10.6 Å². The fourth-order valence-electron chi connectivity index (χ4n) is 11.5. The van der Waals surface area contributed by atoms with E-state index in [9.17, 15) is 19.2 Å². The van der Waals surface area contributed by atoms with Crippen LogP contribution in [0.15, 0.2) is 64.7 Å². The van der Waals surface area contributed by atoms with Gasteiger partial charge in [0.2, 0.25) is 11.8 Å². The number of ether oxygens (including phenoxy) is 4. The van der Waals surface area contributed by atoms with E-state index in [2.05, 4.69) is 21.7 Å². The summed E-state index contributed by atoms with van der Waals surface area (Å²) in [5.41, 5.74) is 6.68. The van der Waals surface area contributed by atoms with E-state index in [1.807, 2.05) is 58.3 Å². The second-order valence-electron chi connectivity index (χ2n) is 19.3. The number of pyridine rings is 1. The number of carbonyl (C=O) groups excluding carboxylic acids is 4. The lowest BCUT2D eigenvalue weighted by Gasteiger charge is -2.36. The van der Waals surface area contributed by atoms with Gasteiger partial charge in [0, 0.05) is 67.2 Å². The van der Waals surface area contributed by atoms with Gasteiger partial charge in [-0.3, -0.25) is 9.59 Å². The molecule has 11 rings (SSSR count). The van der Waals surface area contributed by atoms with Gasteiger partial charge in [0.25, 0.3) is 0 Å². The molecule has 2 saturated carbocycles. The van der Waals surface area contributed by atoms with E-state index in [-0.39, 0.29) is 47.8 Å². The number of nitrogens with one attached hydrogen (secondary N) is 3. The number of piperidine rings is 2. The summed E-state index contributed by atoms with van der Waals surface area (Å²) < 4.78 is 21.0. The van der Waals surface area contributed by atoms with Crippen molar-refractivity contribution in [3.05, 3.63) is 76.4 Å². The van der Waals surface area contributed by atoms with E-state index < -0.39 is 24.3 Å². The van der Waals surface area contributed by atoms with Crippen LogP contribution in [0.25, 0.3) is 38.9 Å². The second kappa shape index (κ2) is 18.4. The van der Waals surface area contributed by atoms with E-state index >= 15 is 0 Å². The van der Waals surface area contributed by atoms with Crippen LogP contribution in [-0.2, 0) is 28.5 Å². The molecule has 2 aliphatic carbocycles. The number of rotatable bonds is 11. The third-order valence-electron chi connectivity index (χ3n) is 15.4. The number of benzene rings is 2. The Kier molecular flexibility index (Phi) is 12.2. The maximum atomic E-state index is 14.3. The van der Waals surface area contributed by atoms with Crippen molar-refractivity contribution in [2.45, 2.75) is 94.0 Å². The number of fused-ring (bicyclic) bond motifs is 3. The molecule has 2 aromatic carbocycles. The standard InChI is InChI=1S/C50H54Cl2N8O8/c1-65-49(63)56-42(27-11-15-67-16-12-27)47(61)59-37-20-31(37)22-39(59)36-24-33(44(51)54-36)35-10-8-30-19-29(7-9-34(30)53-35)25-3-5-26(6-4-25)41-45(52)58-46(55-41)40-23-32-21-38(32)60(40)48(62)43(57-50(64)66-2)28-13-17-68-18-14-28/h3-10,19,27-28,31-32,37-40,42-43H,11-18,20-24H2,1-2H3,(H,55,58)(H,56,63)(H,57,64)/t31-,32-,37-,38-,39+,40+,42+,43+/m1/s1. The summed E-state index contributed by atoms with van der Waals surface area (Å²) in [5.74, 6) is 1.10. The summed E-state index contributed by atoms with van der Waals surface area (Å²) in [5, 5.41) is 7.44. The molecule has 4 saturated heterocycles. The van der Waals surface area contributed by atoms with Gasteiger partial charge in [0.05, 0.1) is 37.5 Å². The molecule has 0 radical (unpaired) electrons. The van der Waals surface area contributed by atoms with Crippen LogP contribution in [0.1, 0.15) is 75.3 Å². The number of amides is 4. The molecule has 0 spiro atoms. The smallest absolute Gasteiger partial charge is 0.407 e. The van der Waals surface area contributed by atoms with Crippen LogP contribution in [0.3, 0.4) is 0 Å². The quantitative estimate of drug-likeness (QED) is 0.126. The van der Waals surface area contributed by atoms with Crippen molar-refractivity contribution in [1.82, 2.24) is 35.4 Å². The highest BCUT2D eigenvalue weighted by Crippen LogP contribution is 2.54. The van der Waals surface area contributed by atoms with Crippen LogP contribution in [-0.4, -0.2) is 125 Å². The fourth-order valence-corrected chi connectivity index (χ4v) is 12.0. The summed E-state index contributed by atoms with van der Waals surface area (Å²) >= 11 is 13.7. The van der Waals surface area contributed by atoms with Crippen LogP contribution in [0.5, 0.6) is 0 Å². The lowest BCUT2D eigenvalue weighted by molar-refractivity contribution is -0.138. The van der Waals surface area contributed by atoms with E-state index in [1.54, 1.807) is 0 Å². The molecular weight excluding hydrogens is 912 g/mol. The average molecular weight is 966 g/mol. The van der Waals surface area contributed by atoms with Crippen LogP contribution >= 0.6 is 23.2 Å². The first-order valence-electron chi connectivity index (χ1n) is 23.8. The summed E-state index contributed by atoms with van der Waals surface area (Å²) in [7, 11) is 2.62. The number of aliphatic imine (C=N–C) groups is 1. The molecule has 2 aromatic heterocycles. The molecule has 5 aliphatic heterocycles. The van der Waals surface area contributed by atoms with Crippen LogP contribution in [0.2, 0.25) is 5.15 Å². The van der Waals surface area contributed by atoms with Gasteiger partial charge in [-0.1, -0.05) is 59.6 Å². The zero-order valence-electron chi connectivity index (χ0n) is 37.9. The predicted molar refractivity (Wildman–Crippen MR) is 254 cm³/mol. The predicted octanol–water partition coefficient (Wildman–Crippen LogP) is 7.65. The number of aromatic nitrogens is 3. The fraction of sp³-hybridized carbons (Fsp3) is 0.500. The molecule has 3 N–H and O–H groups in total. The zero-order valence-corrected chi connectivity index (χ0v) is 39.4. The molecule has 68 heavy (non-hydrogen) atoms. The molecule has 7 heterocycles. The maximum Gasteiger partial charge on any atom is 0.407 e. The monoisotopic (exact) mass is 964 g/mol.